The Morgan fingerprint density at radius 3 is 0.644 bits per heavy atom. The van der Waals surface area contributed by atoms with Crippen molar-refractivity contribution in [1.82, 2.24) is 0 Å². The third-order valence-corrected chi connectivity index (χ3v) is 29.9. The lowest BCUT2D eigenvalue weighted by molar-refractivity contribution is -0.0203. The lowest BCUT2D eigenvalue weighted by Gasteiger charge is -2.40. The minimum absolute atomic E-state index is 0.316. The Morgan fingerprint density at radius 2 is 0.441 bits per heavy atom. The lowest BCUT2D eigenvalue weighted by Crippen LogP contribution is -2.66. The Morgan fingerprint density at radius 1 is 0.254 bits per heavy atom. The fraction of sp³-hybridized carbons (Fsp3) is 1.00. The summed E-state index contributed by atoms with van der Waals surface area (Å²) in [4.78, 5) is 0. The maximum atomic E-state index is 6.99. The minimum atomic E-state index is -3.93. The molecule has 0 aromatic heterocycles. The van der Waals surface area contributed by atoms with E-state index in [9.17, 15) is 0 Å². The van der Waals surface area contributed by atoms with Gasteiger partial charge in [-0.15, -0.1) is 0 Å². The van der Waals surface area contributed by atoms with Crippen LogP contribution in [0.2, 0.25) is 24.2 Å². The molecule has 23 heteroatoms. The van der Waals surface area contributed by atoms with E-state index in [-0.39, 0.29) is 0 Å². The summed E-state index contributed by atoms with van der Waals surface area (Å²) in [5.74, 6) is 3.74. The zero-order chi connectivity index (χ0) is 44.2. The van der Waals surface area contributed by atoms with E-state index in [0.717, 1.165) is 60.8 Å². The summed E-state index contributed by atoms with van der Waals surface area (Å²) in [6.45, 7) is 29.5. The summed E-state index contributed by atoms with van der Waals surface area (Å²) in [6.07, 6.45) is 3.56. The second-order valence-corrected chi connectivity index (χ2v) is 31.3. The van der Waals surface area contributed by atoms with Crippen molar-refractivity contribution >= 4 is 87.4 Å². The average Bonchev–Trinajstić information content (AvgIpc) is 3.18. The van der Waals surface area contributed by atoms with Gasteiger partial charge in [0.2, 0.25) is 0 Å². The van der Waals surface area contributed by atoms with Crippen LogP contribution >= 0.6 is 43.2 Å². The molecule has 14 nitrogen and oxygen atoms in total. The minimum Gasteiger partial charge on any atom is -0.374 e. The molecule has 0 atom stereocenters. The summed E-state index contributed by atoms with van der Waals surface area (Å²) in [5.41, 5.74) is 0. The Kier molecular flexibility index (Phi) is 39.3. The molecule has 0 radical (unpaired) electrons. The second-order valence-electron chi connectivity index (χ2n) is 12.3. The highest BCUT2D eigenvalue weighted by molar-refractivity contribution is 8.77. The quantitative estimate of drug-likeness (QED) is 0.0326. The van der Waals surface area contributed by atoms with Crippen LogP contribution in [0.25, 0.3) is 0 Å². The van der Waals surface area contributed by atoms with Crippen molar-refractivity contribution < 1.29 is 61.3 Å². The predicted molar refractivity (Wildman–Crippen MR) is 258 cm³/mol. The first-order valence-electron chi connectivity index (χ1n) is 22.1. The van der Waals surface area contributed by atoms with Gasteiger partial charge < -0.3 is 61.3 Å². The van der Waals surface area contributed by atoms with Gasteiger partial charge in [0.15, 0.2) is 0 Å². The van der Waals surface area contributed by atoms with Crippen molar-refractivity contribution in [1.29, 1.82) is 0 Å². The summed E-state index contributed by atoms with van der Waals surface area (Å²) in [6, 6.07) is 2.79. The molecule has 0 amide bonds. The van der Waals surface area contributed by atoms with Crippen LogP contribution in [0.3, 0.4) is 0 Å². The van der Waals surface area contributed by atoms with Gasteiger partial charge in [-0.2, -0.15) is 0 Å². The molecule has 0 saturated carbocycles. The van der Waals surface area contributed by atoms with Crippen LogP contribution in [0.5, 0.6) is 0 Å². The topological polar surface area (TPSA) is 129 Å². The number of hydrogen-bond acceptors (Lipinski definition) is 18. The van der Waals surface area contributed by atoms with Crippen molar-refractivity contribution in [2.45, 2.75) is 133 Å². The average molecular weight is 1010 g/mol. The fourth-order valence-corrected chi connectivity index (χ4v) is 27.4. The predicted octanol–water partition coefficient (Wildman–Crippen LogP) is 9.97. The molecule has 0 heterocycles. The van der Waals surface area contributed by atoms with E-state index in [1.54, 1.807) is 0 Å². The van der Waals surface area contributed by atoms with Crippen molar-refractivity contribution in [2.24, 2.45) is 0 Å². The molecule has 0 aliphatic carbocycles. The van der Waals surface area contributed by atoms with E-state index in [1.165, 1.54) is 0 Å². The molecule has 0 saturated heterocycles. The first-order valence-corrected chi connectivity index (χ1v) is 36.5. The monoisotopic (exact) mass is 1010 g/mol. The van der Waals surface area contributed by atoms with E-state index in [1.807, 2.05) is 126 Å². The van der Waals surface area contributed by atoms with Gasteiger partial charge in [0.25, 0.3) is 0 Å². The van der Waals surface area contributed by atoms with Crippen molar-refractivity contribution in [2.75, 3.05) is 102 Å². The van der Waals surface area contributed by atoms with Crippen LogP contribution in [-0.4, -0.2) is 147 Å². The number of rotatable bonds is 46. The highest BCUT2D eigenvalue weighted by atomic mass is 33.1. The van der Waals surface area contributed by atoms with Gasteiger partial charge in [-0.25, -0.2) is 0 Å². The van der Waals surface area contributed by atoms with Gasteiger partial charge in [0, 0.05) is 126 Å². The SMILES string of the molecule is CCO[Si](CCCSSCCC[Si](OCC)(OCC)O[Si](OCC)(OCC)O[Si](CCCSSCCC[Si](OCC)(OCC)OCC)(OCC)OCC)(OCC)OCC. The lowest BCUT2D eigenvalue weighted by atomic mass is 10.6. The Hall–Kier alpha value is 1.92. The molecule has 0 bridgehead atoms. The van der Waals surface area contributed by atoms with Gasteiger partial charge >= 0.3 is 44.3 Å². The van der Waals surface area contributed by atoms with E-state index in [0.29, 0.717) is 91.4 Å². The van der Waals surface area contributed by atoms with Crippen LogP contribution in [0.15, 0.2) is 0 Å². The summed E-state index contributed by atoms with van der Waals surface area (Å²) < 4.78 is 88.8. The highest BCUT2D eigenvalue weighted by Gasteiger charge is 2.62. The van der Waals surface area contributed by atoms with Gasteiger partial charge in [0.1, 0.15) is 0 Å². The van der Waals surface area contributed by atoms with Gasteiger partial charge in [-0.3, -0.25) is 0 Å². The molecule has 59 heavy (non-hydrogen) atoms. The van der Waals surface area contributed by atoms with E-state index in [4.69, 9.17) is 61.3 Å². The molecular formula is C36H84O14S4Si5. The van der Waals surface area contributed by atoms with Crippen molar-refractivity contribution in [3.8, 4) is 0 Å². The molecule has 0 spiro atoms. The third-order valence-electron chi connectivity index (χ3n) is 7.85. The number of hydrogen-bond donors (Lipinski definition) is 0. The molecule has 356 valence electrons. The maximum Gasteiger partial charge on any atom is 0.664 e. The van der Waals surface area contributed by atoms with Crippen LogP contribution in [0.1, 0.15) is 109 Å². The molecule has 0 aliphatic heterocycles. The van der Waals surface area contributed by atoms with Crippen LogP contribution in [0.4, 0.5) is 0 Å². The Labute approximate surface area is 381 Å². The second kappa shape index (κ2) is 38.1. The van der Waals surface area contributed by atoms with E-state index in [2.05, 4.69) is 0 Å². The zero-order valence-electron chi connectivity index (χ0n) is 38.8. The fourth-order valence-electron chi connectivity index (χ4n) is 6.01. The molecule has 0 unspecified atom stereocenters. The molecule has 0 aromatic rings. The van der Waals surface area contributed by atoms with Crippen molar-refractivity contribution in [3.05, 3.63) is 0 Å². The first-order chi connectivity index (χ1) is 28.6. The summed E-state index contributed by atoms with van der Waals surface area (Å²) in [7, 11) is -8.55. The maximum absolute atomic E-state index is 6.99. The molecule has 0 fully saturated rings. The largest absolute Gasteiger partial charge is 0.664 e. The highest BCUT2D eigenvalue weighted by Crippen LogP contribution is 2.34. The standard InChI is InChI=1S/C36H84O14S4Si5/c1-13-37-55(38-14-2,39-15-3)33-25-29-51-53-31-27-35-57(43-19-7,44-20-8)49-59(47-23-11,48-24-12)50-58(45-21-9,46-22-10)36-28-32-54-52-30-26-34-56(40-16-4,41-17-5)42-18-6/h13-36H2,1-12H3. The first kappa shape index (κ1) is 60.9. The molecule has 0 rings (SSSR count). The van der Waals surface area contributed by atoms with Crippen LogP contribution < -0.4 is 0 Å². The Balaban J connectivity index is 5.75. The molecule has 0 aliphatic rings. The zero-order valence-corrected chi connectivity index (χ0v) is 47.1. The van der Waals surface area contributed by atoms with Gasteiger partial charge in [-0.1, -0.05) is 43.2 Å². The summed E-state index contributed by atoms with van der Waals surface area (Å²) in [5, 5.41) is 0. The molecule has 0 aromatic carbocycles. The third kappa shape index (κ3) is 26.0. The molecular weight excluding hydrogens is 925 g/mol. The van der Waals surface area contributed by atoms with Crippen LogP contribution in [-0.2, 0) is 61.3 Å². The Bertz CT molecular complexity index is 848. The normalized spacial score (nSPS) is 13.2. The molecule has 0 N–H and O–H groups in total. The van der Waals surface area contributed by atoms with Crippen LogP contribution in [0, 0.1) is 0 Å². The van der Waals surface area contributed by atoms with Gasteiger partial charge in [-0.05, 0) is 109 Å². The van der Waals surface area contributed by atoms with Crippen molar-refractivity contribution in [3.63, 3.8) is 0 Å². The van der Waals surface area contributed by atoms with E-state index >= 15 is 0 Å². The van der Waals surface area contributed by atoms with E-state index < -0.39 is 44.3 Å². The van der Waals surface area contributed by atoms with Gasteiger partial charge in [0.05, 0.1) is 0 Å². The smallest absolute Gasteiger partial charge is 0.374 e. The summed E-state index contributed by atoms with van der Waals surface area (Å²) >= 11 is 0.